The molecule has 0 spiro atoms. The number of nitro benzene ring substituents is 1. The van der Waals surface area contributed by atoms with Crippen molar-refractivity contribution < 1.29 is 14.5 Å². The summed E-state index contributed by atoms with van der Waals surface area (Å²) in [5.41, 5.74) is -1.50. The summed E-state index contributed by atoms with van der Waals surface area (Å²) in [6.07, 6.45) is 0. The fraction of sp³-hybridized carbons (Fsp3) is 0.300. The predicted molar refractivity (Wildman–Crippen MR) is 58.7 cm³/mol. The Morgan fingerprint density at radius 2 is 2.00 bits per heavy atom. The Kier molecular flexibility index (Phi) is 3.49. The van der Waals surface area contributed by atoms with Crippen molar-refractivity contribution in [3.63, 3.8) is 0 Å². The van der Waals surface area contributed by atoms with Gasteiger partial charge in [-0.15, -0.1) is 0 Å². The molecule has 0 aromatic heterocycles. The van der Waals surface area contributed by atoms with E-state index in [-0.39, 0.29) is 11.4 Å². The lowest BCUT2D eigenvalue weighted by atomic mass is 10.1. The Morgan fingerprint density at radius 1 is 1.44 bits per heavy atom. The monoisotopic (exact) mass is 243 g/mol. The second kappa shape index (κ2) is 4.49. The third kappa shape index (κ3) is 2.70. The molecule has 16 heavy (non-hydrogen) atoms. The van der Waals surface area contributed by atoms with E-state index in [4.69, 9.17) is 16.3 Å². The third-order valence-electron chi connectivity index (χ3n) is 1.90. The van der Waals surface area contributed by atoms with Crippen molar-refractivity contribution >= 4 is 22.5 Å². The first kappa shape index (κ1) is 12.4. The largest absolute Gasteiger partial charge is 0.471 e. The highest BCUT2D eigenvalue weighted by molar-refractivity contribution is 6.65. The first-order chi connectivity index (χ1) is 7.34. The molecule has 0 atom stereocenters. The molecule has 0 amide bonds. The maximum Gasteiger partial charge on any atom is 0.310 e. The molecule has 0 saturated carbocycles. The van der Waals surface area contributed by atoms with Crippen LogP contribution in [0.15, 0.2) is 24.3 Å². The summed E-state index contributed by atoms with van der Waals surface area (Å²) in [5, 5.41) is 9.97. The van der Waals surface area contributed by atoms with Crippen molar-refractivity contribution in [2.45, 2.75) is 19.4 Å². The summed E-state index contributed by atoms with van der Waals surface area (Å²) >= 11 is 5.32. The maximum absolute atomic E-state index is 11.0. The van der Waals surface area contributed by atoms with Gasteiger partial charge in [-0.3, -0.25) is 14.9 Å². The van der Waals surface area contributed by atoms with Crippen LogP contribution >= 0.6 is 11.6 Å². The van der Waals surface area contributed by atoms with E-state index in [1.54, 1.807) is 6.07 Å². The Hall–Kier alpha value is -1.62. The molecule has 1 aromatic rings. The van der Waals surface area contributed by atoms with Gasteiger partial charge in [0.15, 0.2) is 11.4 Å². The van der Waals surface area contributed by atoms with E-state index in [0.29, 0.717) is 0 Å². The van der Waals surface area contributed by atoms with Gasteiger partial charge >= 0.3 is 5.69 Å². The number of nitrogens with zero attached hydrogens (tertiary/aromatic N) is 1. The molecule has 1 rings (SSSR count). The van der Waals surface area contributed by atoms with Crippen LogP contribution in [0.25, 0.3) is 0 Å². The van der Waals surface area contributed by atoms with Crippen molar-refractivity contribution in [1.29, 1.82) is 0 Å². The average molecular weight is 244 g/mol. The lowest BCUT2D eigenvalue weighted by Gasteiger charge is -2.21. The van der Waals surface area contributed by atoms with Gasteiger partial charge in [-0.1, -0.05) is 12.1 Å². The topological polar surface area (TPSA) is 69.4 Å². The van der Waals surface area contributed by atoms with Gasteiger partial charge in [0.1, 0.15) is 0 Å². The molecule has 0 radical (unpaired) electrons. The molecule has 5 nitrogen and oxygen atoms in total. The number of nitro groups is 1. The van der Waals surface area contributed by atoms with Crippen LogP contribution in [0.4, 0.5) is 5.69 Å². The summed E-state index contributed by atoms with van der Waals surface area (Å²) < 4.78 is 5.23. The van der Waals surface area contributed by atoms with Gasteiger partial charge in [-0.2, -0.15) is 0 Å². The van der Waals surface area contributed by atoms with E-state index in [1.165, 1.54) is 32.0 Å². The Bertz CT molecular complexity index is 431. The Balaban J connectivity index is 3.06. The molecular weight excluding hydrogens is 234 g/mol. The molecule has 0 saturated heterocycles. The number of para-hydroxylation sites is 2. The van der Waals surface area contributed by atoms with E-state index in [0.717, 1.165) is 0 Å². The summed E-state index contributed by atoms with van der Waals surface area (Å²) in [4.78, 5) is 21.1. The number of hydrogen-bond donors (Lipinski definition) is 0. The zero-order valence-electron chi connectivity index (χ0n) is 8.77. The highest BCUT2D eigenvalue weighted by Gasteiger charge is 2.30. The summed E-state index contributed by atoms with van der Waals surface area (Å²) in [5.74, 6) is 0.0199. The van der Waals surface area contributed by atoms with Gasteiger partial charge in [0.05, 0.1) is 4.92 Å². The Morgan fingerprint density at radius 3 is 2.50 bits per heavy atom. The minimum absolute atomic E-state index is 0.0199. The number of carbonyl (C=O) groups is 1. The smallest absolute Gasteiger partial charge is 0.310 e. The number of benzene rings is 1. The number of halogens is 1. The molecule has 0 N–H and O–H groups in total. The van der Waals surface area contributed by atoms with Crippen molar-refractivity contribution in [2.75, 3.05) is 0 Å². The summed E-state index contributed by atoms with van der Waals surface area (Å²) in [7, 11) is 0. The van der Waals surface area contributed by atoms with Crippen molar-refractivity contribution in [3.05, 3.63) is 34.4 Å². The van der Waals surface area contributed by atoms with Crippen molar-refractivity contribution in [3.8, 4) is 5.75 Å². The number of hydrogen-bond acceptors (Lipinski definition) is 4. The van der Waals surface area contributed by atoms with E-state index in [2.05, 4.69) is 0 Å². The quantitative estimate of drug-likeness (QED) is 0.463. The Labute approximate surface area is 97.1 Å². The van der Waals surface area contributed by atoms with Crippen LogP contribution in [0, 0.1) is 10.1 Å². The zero-order chi connectivity index (χ0) is 12.3. The maximum atomic E-state index is 11.0. The first-order valence-electron chi connectivity index (χ1n) is 4.47. The molecule has 86 valence electrons. The molecule has 0 aliphatic rings. The predicted octanol–water partition coefficient (Wildman–Crippen LogP) is 2.52. The van der Waals surface area contributed by atoms with Gasteiger partial charge in [0, 0.05) is 6.07 Å². The minimum Gasteiger partial charge on any atom is -0.471 e. The number of rotatable bonds is 4. The highest BCUT2D eigenvalue weighted by atomic mass is 35.5. The molecule has 6 heteroatoms. The van der Waals surface area contributed by atoms with Gasteiger partial charge in [0.25, 0.3) is 5.24 Å². The van der Waals surface area contributed by atoms with Crippen LogP contribution in [-0.2, 0) is 4.79 Å². The zero-order valence-corrected chi connectivity index (χ0v) is 9.52. The standard InChI is InChI=1S/C10H10ClNO4/c1-10(2,9(11)13)16-8-6-4-3-5-7(8)12(14)15/h3-6H,1-2H3. The van der Waals surface area contributed by atoms with Gasteiger partial charge in [-0.05, 0) is 31.5 Å². The summed E-state index contributed by atoms with van der Waals surface area (Å²) in [6.45, 7) is 2.89. The van der Waals surface area contributed by atoms with Gasteiger partial charge in [-0.25, -0.2) is 0 Å². The van der Waals surface area contributed by atoms with Gasteiger partial charge in [0.2, 0.25) is 0 Å². The molecule has 0 heterocycles. The fourth-order valence-corrected chi connectivity index (χ4v) is 1.05. The third-order valence-corrected chi connectivity index (χ3v) is 2.36. The summed E-state index contributed by atoms with van der Waals surface area (Å²) in [6, 6.07) is 5.81. The van der Waals surface area contributed by atoms with Crippen LogP contribution < -0.4 is 4.74 Å². The molecular formula is C10H10ClNO4. The first-order valence-corrected chi connectivity index (χ1v) is 4.85. The van der Waals surface area contributed by atoms with E-state index in [9.17, 15) is 14.9 Å². The molecule has 0 unspecified atom stereocenters. The number of ether oxygens (including phenoxy) is 1. The molecule has 0 fully saturated rings. The van der Waals surface area contributed by atoms with Crippen LogP contribution in [-0.4, -0.2) is 15.8 Å². The van der Waals surface area contributed by atoms with Crippen LogP contribution in [0.3, 0.4) is 0 Å². The fourth-order valence-electron chi connectivity index (χ4n) is 1.01. The van der Waals surface area contributed by atoms with Crippen LogP contribution in [0.5, 0.6) is 5.75 Å². The van der Waals surface area contributed by atoms with E-state index in [1.807, 2.05) is 0 Å². The van der Waals surface area contributed by atoms with E-state index >= 15 is 0 Å². The lowest BCUT2D eigenvalue weighted by molar-refractivity contribution is -0.386. The number of carbonyl (C=O) groups excluding carboxylic acids is 1. The minimum atomic E-state index is -1.30. The second-order valence-corrected chi connectivity index (χ2v) is 3.95. The lowest BCUT2D eigenvalue weighted by Crippen LogP contribution is -2.35. The normalized spacial score (nSPS) is 10.9. The SMILES string of the molecule is CC(C)(Oc1ccccc1[N+](=O)[O-])C(=O)Cl. The van der Waals surface area contributed by atoms with Gasteiger partial charge < -0.3 is 4.74 Å². The van der Waals surface area contributed by atoms with Crippen LogP contribution in [0.1, 0.15) is 13.8 Å². The average Bonchev–Trinajstić information content (AvgIpc) is 2.17. The molecule has 0 aliphatic heterocycles. The highest BCUT2D eigenvalue weighted by Crippen LogP contribution is 2.29. The molecule has 0 bridgehead atoms. The van der Waals surface area contributed by atoms with Crippen molar-refractivity contribution in [2.24, 2.45) is 0 Å². The second-order valence-electron chi connectivity index (χ2n) is 3.61. The van der Waals surface area contributed by atoms with E-state index < -0.39 is 15.8 Å². The van der Waals surface area contributed by atoms with Crippen molar-refractivity contribution in [1.82, 2.24) is 0 Å². The molecule has 1 aromatic carbocycles. The van der Waals surface area contributed by atoms with Crippen LogP contribution in [0.2, 0.25) is 0 Å². The molecule has 0 aliphatic carbocycles.